The first-order valence-electron chi connectivity index (χ1n) is 7.91. The van der Waals surface area contributed by atoms with Gasteiger partial charge in [0.1, 0.15) is 5.75 Å². The van der Waals surface area contributed by atoms with E-state index in [1.165, 1.54) is 40.0 Å². The fourth-order valence-corrected chi connectivity index (χ4v) is 2.54. The van der Waals surface area contributed by atoms with Crippen LogP contribution < -0.4 is 10.3 Å². The summed E-state index contributed by atoms with van der Waals surface area (Å²) in [6.07, 6.45) is 3.37. The minimum atomic E-state index is -0.592. The average molecular weight is 356 g/mol. The second-order valence-electron chi connectivity index (χ2n) is 5.76. The van der Waals surface area contributed by atoms with E-state index < -0.39 is 11.0 Å². The molecule has 134 valence electrons. The maximum absolute atomic E-state index is 12.3. The number of non-ortho nitro benzene ring substituents is 1. The average Bonchev–Trinajstić information content (AvgIpc) is 2.64. The van der Waals surface area contributed by atoms with Gasteiger partial charge in [-0.05, 0) is 31.5 Å². The van der Waals surface area contributed by atoms with E-state index >= 15 is 0 Å². The van der Waals surface area contributed by atoms with Crippen molar-refractivity contribution in [1.82, 2.24) is 14.7 Å². The zero-order valence-electron chi connectivity index (χ0n) is 14.0. The van der Waals surface area contributed by atoms with Gasteiger partial charge < -0.3 is 9.64 Å². The van der Waals surface area contributed by atoms with Crippen LogP contribution in [0.2, 0.25) is 0 Å². The summed E-state index contributed by atoms with van der Waals surface area (Å²) in [5, 5.41) is 14.7. The first kappa shape index (κ1) is 17.3. The molecule has 1 amide bonds. The van der Waals surface area contributed by atoms with Gasteiger partial charge in [-0.3, -0.25) is 14.9 Å². The summed E-state index contributed by atoms with van der Waals surface area (Å²) in [6, 6.07) is 6.89. The highest BCUT2D eigenvalue weighted by Crippen LogP contribution is 2.19. The highest BCUT2D eigenvalue weighted by Gasteiger charge is 2.22. The molecule has 1 aliphatic heterocycles. The van der Waals surface area contributed by atoms with Crippen LogP contribution in [-0.2, 0) is 0 Å². The number of nitro groups is 1. The molecule has 9 heteroatoms. The van der Waals surface area contributed by atoms with Crippen molar-refractivity contribution in [2.45, 2.75) is 13.3 Å². The molecule has 3 rings (SSSR count). The predicted molar refractivity (Wildman–Crippen MR) is 92.8 cm³/mol. The van der Waals surface area contributed by atoms with Gasteiger partial charge in [-0.25, -0.2) is 4.79 Å². The van der Waals surface area contributed by atoms with E-state index in [1.807, 2.05) is 6.08 Å². The second kappa shape index (κ2) is 7.18. The largest absolute Gasteiger partial charge is 0.415 e. The fraction of sp³-hybridized carbons (Fsp3) is 0.235. The number of aromatic nitrogens is 2. The normalized spacial score (nSPS) is 13.9. The van der Waals surface area contributed by atoms with Crippen LogP contribution in [0.1, 0.15) is 12.0 Å². The molecule has 0 bridgehead atoms. The van der Waals surface area contributed by atoms with Crippen molar-refractivity contribution in [3.05, 3.63) is 68.6 Å². The Hall–Kier alpha value is -3.49. The number of hydrogen-bond acceptors (Lipinski definition) is 6. The molecule has 0 saturated carbocycles. The molecule has 1 aliphatic rings. The molecular weight excluding hydrogens is 340 g/mol. The van der Waals surface area contributed by atoms with Crippen molar-refractivity contribution in [2.24, 2.45) is 0 Å². The topological polar surface area (TPSA) is 108 Å². The minimum absolute atomic E-state index is 0.0853. The molecule has 1 aromatic carbocycles. The minimum Gasteiger partial charge on any atom is -0.410 e. The molecule has 26 heavy (non-hydrogen) atoms. The van der Waals surface area contributed by atoms with Crippen molar-refractivity contribution in [3.63, 3.8) is 0 Å². The number of carbonyl (C=O) groups excluding carboxylic acids is 1. The number of nitrogens with zero attached hydrogens (tertiary/aromatic N) is 4. The third-order valence-corrected chi connectivity index (χ3v) is 3.95. The van der Waals surface area contributed by atoms with E-state index in [-0.39, 0.29) is 23.5 Å². The van der Waals surface area contributed by atoms with Crippen LogP contribution in [0, 0.1) is 17.0 Å². The molecule has 2 aromatic rings. The van der Waals surface area contributed by atoms with E-state index in [0.29, 0.717) is 24.2 Å². The number of nitro benzene ring substituents is 1. The lowest BCUT2D eigenvalue weighted by Crippen LogP contribution is -2.40. The number of benzene rings is 1. The summed E-state index contributed by atoms with van der Waals surface area (Å²) in [7, 11) is 0. The van der Waals surface area contributed by atoms with Gasteiger partial charge in [-0.2, -0.15) is 9.78 Å². The van der Waals surface area contributed by atoms with E-state index in [4.69, 9.17) is 4.74 Å². The van der Waals surface area contributed by atoms with Crippen molar-refractivity contribution >= 4 is 17.5 Å². The Labute approximate surface area is 148 Å². The summed E-state index contributed by atoms with van der Waals surface area (Å²) in [6.45, 7) is 2.32. The molecular formula is C17H16N4O5. The lowest BCUT2D eigenvalue weighted by Gasteiger charge is -2.26. The Balaban J connectivity index is 1.71. The van der Waals surface area contributed by atoms with E-state index in [2.05, 4.69) is 5.10 Å². The number of aryl methyl sites for hydroxylation is 1. The maximum atomic E-state index is 12.3. The van der Waals surface area contributed by atoms with E-state index in [0.717, 1.165) is 0 Å². The van der Waals surface area contributed by atoms with Crippen LogP contribution >= 0.6 is 0 Å². The van der Waals surface area contributed by atoms with Crippen LogP contribution in [0.25, 0.3) is 5.70 Å². The van der Waals surface area contributed by atoms with Crippen LogP contribution in [0.15, 0.2) is 47.4 Å². The molecule has 0 atom stereocenters. The molecule has 0 saturated heterocycles. The van der Waals surface area contributed by atoms with Crippen molar-refractivity contribution in [3.8, 4) is 5.75 Å². The van der Waals surface area contributed by atoms with Crippen LogP contribution in [0.5, 0.6) is 5.75 Å². The zero-order valence-corrected chi connectivity index (χ0v) is 14.0. The molecule has 2 heterocycles. The molecule has 0 fully saturated rings. The maximum Gasteiger partial charge on any atom is 0.415 e. The standard InChI is InChI=1S/C17H16N4O5/c1-12-8-9-18-20(16(12)22)14-3-2-10-19(11-14)17(23)26-15-6-4-13(5-7-15)21(24)25/h3-9H,2,10-11H2,1H3. The number of carbonyl (C=O) groups is 1. The highest BCUT2D eigenvalue weighted by atomic mass is 16.6. The monoisotopic (exact) mass is 356 g/mol. The molecule has 0 unspecified atom stereocenters. The van der Waals surface area contributed by atoms with Gasteiger partial charge >= 0.3 is 6.09 Å². The molecule has 1 aromatic heterocycles. The zero-order chi connectivity index (χ0) is 18.7. The molecule has 0 spiro atoms. The predicted octanol–water partition coefficient (Wildman–Crippen LogP) is 2.21. The summed E-state index contributed by atoms with van der Waals surface area (Å²) in [4.78, 5) is 36.1. The first-order chi connectivity index (χ1) is 12.5. The summed E-state index contributed by atoms with van der Waals surface area (Å²) < 4.78 is 6.53. The SMILES string of the molecule is Cc1ccnn(C2=CCCN(C(=O)Oc3ccc([N+](=O)[O-])cc3)C2)c1=O. The summed E-state index contributed by atoms with van der Waals surface area (Å²) in [5.74, 6) is 0.211. The lowest BCUT2D eigenvalue weighted by atomic mass is 10.2. The van der Waals surface area contributed by atoms with Crippen molar-refractivity contribution < 1.29 is 14.5 Å². The number of ether oxygens (including phenoxy) is 1. The Bertz CT molecular complexity index is 933. The number of amides is 1. The molecule has 9 nitrogen and oxygen atoms in total. The summed E-state index contributed by atoms with van der Waals surface area (Å²) >= 11 is 0. The van der Waals surface area contributed by atoms with Crippen LogP contribution in [0.4, 0.5) is 10.5 Å². The fourth-order valence-electron chi connectivity index (χ4n) is 2.54. The van der Waals surface area contributed by atoms with Crippen LogP contribution in [0.3, 0.4) is 0 Å². The smallest absolute Gasteiger partial charge is 0.410 e. The molecule has 0 aliphatic carbocycles. The van der Waals surface area contributed by atoms with E-state index in [1.54, 1.807) is 13.0 Å². The Morgan fingerprint density at radius 1 is 1.27 bits per heavy atom. The van der Waals surface area contributed by atoms with Gasteiger partial charge in [-0.1, -0.05) is 6.08 Å². The van der Waals surface area contributed by atoms with Gasteiger partial charge in [0, 0.05) is 30.4 Å². The Morgan fingerprint density at radius 2 is 2.00 bits per heavy atom. The van der Waals surface area contributed by atoms with Crippen molar-refractivity contribution in [1.29, 1.82) is 0 Å². The quantitative estimate of drug-likeness (QED) is 0.616. The third kappa shape index (κ3) is 3.61. The van der Waals surface area contributed by atoms with E-state index in [9.17, 15) is 19.7 Å². The van der Waals surface area contributed by atoms with Gasteiger partial charge in [0.15, 0.2) is 0 Å². The lowest BCUT2D eigenvalue weighted by molar-refractivity contribution is -0.384. The van der Waals surface area contributed by atoms with Gasteiger partial charge in [-0.15, -0.1) is 0 Å². The number of rotatable bonds is 3. The Morgan fingerprint density at radius 3 is 2.69 bits per heavy atom. The summed E-state index contributed by atoms with van der Waals surface area (Å²) in [5.41, 5.74) is 0.847. The Kier molecular flexibility index (Phi) is 4.78. The molecule has 0 N–H and O–H groups in total. The van der Waals surface area contributed by atoms with Crippen molar-refractivity contribution in [2.75, 3.05) is 13.1 Å². The van der Waals surface area contributed by atoms with Gasteiger partial charge in [0.05, 0.1) is 17.2 Å². The van der Waals surface area contributed by atoms with Gasteiger partial charge in [0.2, 0.25) is 0 Å². The first-order valence-corrected chi connectivity index (χ1v) is 7.91. The number of hydrogen-bond donors (Lipinski definition) is 0. The van der Waals surface area contributed by atoms with Crippen LogP contribution in [-0.4, -0.2) is 38.8 Å². The van der Waals surface area contributed by atoms with Gasteiger partial charge in [0.25, 0.3) is 11.2 Å². The second-order valence-corrected chi connectivity index (χ2v) is 5.76. The third-order valence-electron chi connectivity index (χ3n) is 3.95. The highest BCUT2D eigenvalue weighted by molar-refractivity contribution is 5.73. The molecule has 0 radical (unpaired) electrons.